The lowest BCUT2D eigenvalue weighted by atomic mass is 9.97. The minimum absolute atomic E-state index is 0.146. The summed E-state index contributed by atoms with van der Waals surface area (Å²) < 4.78 is 0. The predicted octanol–water partition coefficient (Wildman–Crippen LogP) is 7.21. The van der Waals surface area contributed by atoms with E-state index < -0.39 is 0 Å². The summed E-state index contributed by atoms with van der Waals surface area (Å²) in [7, 11) is 0. The molecule has 0 saturated carbocycles. The molecule has 160 valence electrons. The summed E-state index contributed by atoms with van der Waals surface area (Å²) in [6, 6.07) is 35.5. The van der Waals surface area contributed by atoms with Gasteiger partial charge in [-0.05, 0) is 55.0 Å². The minimum Gasteiger partial charge on any atom is -0.356 e. The molecule has 4 heteroatoms. The number of carbonyl (C=O) groups is 1. The van der Waals surface area contributed by atoms with Crippen molar-refractivity contribution < 1.29 is 4.79 Å². The summed E-state index contributed by atoms with van der Waals surface area (Å²) in [5.41, 5.74) is 6.83. The molecule has 0 bridgehead atoms. The van der Waals surface area contributed by atoms with Crippen molar-refractivity contribution in [1.82, 2.24) is 4.98 Å². The number of aromatic nitrogens is 1. The van der Waals surface area contributed by atoms with Gasteiger partial charge in [-0.15, -0.1) is 0 Å². The summed E-state index contributed by atoms with van der Waals surface area (Å²) in [5, 5.41) is 7.26. The van der Waals surface area contributed by atoms with Gasteiger partial charge in [0.15, 0.2) is 0 Å². The number of carbonyl (C=O) groups excluding carboxylic acids is 1. The highest BCUT2D eigenvalue weighted by atomic mass is 16.1. The molecule has 0 atom stereocenters. The maximum absolute atomic E-state index is 13.5. The van der Waals surface area contributed by atoms with E-state index in [0.717, 1.165) is 44.8 Å². The Kier molecular flexibility index (Phi) is 5.56. The summed E-state index contributed by atoms with van der Waals surface area (Å²) in [4.78, 5) is 18.3. The molecule has 4 nitrogen and oxygen atoms in total. The molecular weight excluding hydrogens is 406 g/mol. The molecule has 2 N–H and O–H groups in total. The van der Waals surface area contributed by atoms with Crippen molar-refractivity contribution in [3.63, 3.8) is 0 Å². The number of nitrogens with zero attached hydrogens (tertiary/aromatic N) is 1. The molecule has 0 radical (unpaired) electrons. The van der Waals surface area contributed by atoms with Gasteiger partial charge in [-0.2, -0.15) is 0 Å². The van der Waals surface area contributed by atoms with Crippen LogP contribution in [0.25, 0.3) is 22.2 Å². The normalized spacial score (nSPS) is 10.7. The Morgan fingerprint density at radius 1 is 0.667 bits per heavy atom. The molecule has 5 aromatic rings. The largest absolute Gasteiger partial charge is 0.356 e. The number of para-hydroxylation sites is 2. The number of hydrogen-bond donors (Lipinski definition) is 2. The molecule has 1 heterocycles. The van der Waals surface area contributed by atoms with Crippen LogP contribution < -0.4 is 10.6 Å². The Morgan fingerprint density at radius 3 is 1.97 bits per heavy atom. The Morgan fingerprint density at radius 2 is 1.24 bits per heavy atom. The number of nitrogens with one attached hydrogen (secondary N) is 2. The average molecular weight is 430 g/mol. The van der Waals surface area contributed by atoms with Gasteiger partial charge < -0.3 is 10.6 Å². The standard InChI is InChI=1S/C29H23N3O/c1-20-27(25-14-8-9-15-26(25)32-28(20)21-10-4-2-5-11-21)29(33)31-24-18-16-23(17-19-24)30-22-12-6-3-7-13-22/h2-19,30H,1H3,(H,31,33). The number of pyridine rings is 1. The lowest BCUT2D eigenvalue weighted by Crippen LogP contribution is -2.15. The van der Waals surface area contributed by atoms with Crippen molar-refractivity contribution >= 4 is 33.9 Å². The summed E-state index contributed by atoms with van der Waals surface area (Å²) >= 11 is 0. The number of hydrogen-bond acceptors (Lipinski definition) is 3. The molecule has 0 spiro atoms. The van der Waals surface area contributed by atoms with Gasteiger partial charge in [-0.25, -0.2) is 4.98 Å². The molecule has 1 amide bonds. The van der Waals surface area contributed by atoms with Crippen molar-refractivity contribution in [2.75, 3.05) is 10.6 Å². The quantitative estimate of drug-likeness (QED) is 0.310. The summed E-state index contributed by atoms with van der Waals surface area (Å²) in [6.07, 6.45) is 0. The van der Waals surface area contributed by atoms with E-state index in [1.54, 1.807) is 0 Å². The zero-order valence-corrected chi connectivity index (χ0v) is 18.2. The number of amides is 1. The van der Waals surface area contributed by atoms with Gasteiger partial charge in [0.2, 0.25) is 0 Å². The van der Waals surface area contributed by atoms with E-state index in [-0.39, 0.29) is 5.91 Å². The van der Waals surface area contributed by atoms with E-state index in [0.29, 0.717) is 5.56 Å². The third-order valence-corrected chi connectivity index (χ3v) is 5.62. The second-order valence-electron chi connectivity index (χ2n) is 7.87. The molecule has 0 aliphatic carbocycles. The molecule has 33 heavy (non-hydrogen) atoms. The number of rotatable bonds is 5. The highest BCUT2D eigenvalue weighted by Crippen LogP contribution is 2.30. The van der Waals surface area contributed by atoms with Gasteiger partial charge in [0.25, 0.3) is 5.91 Å². The van der Waals surface area contributed by atoms with Crippen LogP contribution in [0.1, 0.15) is 15.9 Å². The fraction of sp³-hybridized carbons (Fsp3) is 0.0345. The third-order valence-electron chi connectivity index (χ3n) is 5.62. The lowest BCUT2D eigenvalue weighted by Gasteiger charge is -2.15. The minimum atomic E-state index is -0.146. The van der Waals surface area contributed by atoms with Gasteiger partial charge >= 0.3 is 0 Å². The SMILES string of the molecule is Cc1c(-c2ccccc2)nc2ccccc2c1C(=O)Nc1ccc(Nc2ccccc2)cc1. The van der Waals surface area contributed by atoms with Crippen LogP contribution >= 0.6 is 0 Å². The van der Waals surface area contributed by atoms with Gasteiger partial charge in [0, 0.05) is 28.0 Å². The lowest BCUT2D eigenvalue weighted by molar-refractivity contribution is 0.102. The molecule has 1 aromatic heterocycles. The number of fused-ring (bicyclic) bond motifs is 1. The molecule has 0 saturated heterocycles. The molecule has 0 fully saturated rings. The molecule has 4 aromatic carbocycles. The van der Waals surface area contributed by atoms with Crippen LogP contribution in [0.15, 0.2) is 109 Å². The summed E-state index contributed by atoms with van der Waals surface area (Å²) in [5.74, 6) is -0.146. The topological polar surface area (TPSA) is 54.0 Å². The van der Waals surface area contributed by atoms with Crippen molar-refractivity contribution in [3.05, 3.63) is 120 Å². The van der Waals surface area contributed by atoms with E-state index >= 15 is 0 Å². The van der Waals surface area contributed by atoms with Crippen LogP contribution in [0.4, 0.5) is 17.1 Å². The van der Waals surface area contributed by atoms with Crippen LogP contribution in [0, 0.1) is 6.92 Å². The van der Waals surface area contributed by atoms with Gasteiger partial charge in [0.1, 0.15) is 0 Å². The number of benzene rings is 4. The van der Waals surface area contributed by atoms with E-state index in [2.05, 4.69) is 10.6 Å². The van der Waals surface area contributed by atoms with Crippen LogP contribution in [0.3, 0.4) is 0 Å². The zero-order chi connectivity index (χ0) is 22.6. The predicted molar refractivity (Wildman–Crippen MR) is 136 cm³/mol. The Hall–Kier alpha value is -4.44. The molecule has 0 aliphatic rings. The first-order valence-electron chi connectivity index (χ1n) is 10.9. The third kappa shape index (κ3) is 4.32. The number of anilines is 3. The van der Waals surface area contributed by atoms with E-state index in [1.807, 2.05) is 116 Å². The van der Waals surface area contributed by atoms with E-state index in [9.17, 15) is 4.79 Å². The average Bonchev–Trinajstić information content (AvgIpc) is 2.86. The van der Waals surface area contributed by atoms with Gasteiger partial charge in [-0.3, -0.25) is 4.79 Å². The van der Waals surface area contributed by atoms with Gasteiger partial charge in [0.05, 0.1) is 16.8 Å². The second-order valence-corrected chi connectivity index (χ2v) is 7.87. The highest BCUT2D eigenvalue weighted by molar-refractivity contribution is 6.14. The van der Waals surface area contributed by atoms with E-state index in [4.69, 9.17) is 4.98 Å². The van der Waals surface area contributed by atoms with Crippen molar-refractivity contribution in [2.24, 2.45) is 0 Å². The fourth-order valence-corrected chi connectivity index (χ4v) is 4.00. The first-order chi connectivity index (χ1) is 16.2. The Bertz CT molecular complexity index is 1410. The van der Waals surface area contributed by atoms with Crippen LogP contribution in [-0.2, 0) is 0 Å². The van der Waals surface area contributed by atoms with Crippen LogP contribution in [0.5, 0.6) is 0 Å². The van der Waals surface area contributed by atoms with Crippen LogP contribution in [0.2, 0.25) is 0 Å². The van der Waals surface area contributed by atoms with Crippen molar-refractivity contribution in [2.45, 2.75) is 6.92 Å². The molecule has 0 aliphatic heterocycles. The smallest absolute Gasteiger partial charge is 0.256 e. The van der Waals surface area contributed by atoms with Gasteiger partial charge in [-0.1, -0.05) is 66.7 Å². The summed E-state index contributed by atoms with van der Waals surface area (Å²) in [6.45, 7) is 1.96. The Labute approximate surface area is 192 Å². The van der Waals surface area contributed by atoms with Crippen molar-refractivity contribution in [1.29, 1.82) is 0 Å². The zero-order valence-electron chi connectivity index (χ0n) is 18.2. The second kappa shape index (κ2) is 8.97. The Balaban J connectivity index is 1.46. The maximum Gasteiger partial charge on any atom is 0.256 e. The molecule has 0 unspecified atom stereocenters. The first kappa shape index (κ1) is 20.5. The fourth-order valence-electron chi connectivity index (χ4n) is 4.00. The highest BCUT2D eigenvalue weighted by Gasteiger charge is 2.19. The molecule has 5 rings (SSSR count). The van der Waals surface area contributed by atoms with Crippen LogP contribution in [-0.4, -0.2) is 10.9 Å². The monoisotopic (exact) mass is 429 g/mol. The van der Waals surface area contributed by atoms with Crippen molar-refractivity contribution in [3.8, 4) is 11.3 Å². The first-order valence-corrected chi connectivity index (χ1v) is 10.9. The molecular formula is C29H23N3O. The maximum atomic E-state index is 13.5. The van der Waals surface area contributed by atoms with E-state index in [1.165, 1.54) is 0 Å².